The second-order valence-electron chi connectivity index (χ2n) is 8.64. The molecular formula is C24H33N3O2. The third-order valence-corrected chi connectivity index (χ3v) is 6.70. The summed E-state index contributed by atoms with van der Waals surface area (Å²) in [6.45, 7) is 13.4. The van der Waals surface area contributed by atoms with Crippen molar-refractivity contribution in [2.75, 3.05) is 49.6 Å². The van der Waals surface area contributed by atoms with Crippen molar-refractivity contribution in [2.24, 2.45) is 5.73 Å². The van der Waals surface area contributed by atoms with Gasteiger partial charge >= 0.3 is 0 Å². The summed E-state index contributed by atoms with van der Waals surface area (Å²) in [7, 11) is 1.71. The monoisotopic (exact) mass is 395 g/mol. The quantitative estimate of drug-likeness (QED) is 0.857. The van der Waals surface area contributed by atoms with Gasteiger partial charge in [0.25, 0.3) is 0 Å². The highest BCUT2D eigenvalue weighted by molar-refractivity contribution is 5.70. The number of hydrogen-bond donors (Lipinski definition) is 1. The number of fused-ring (bicyclic) bond motifs is 1. The van der Waals surface area contributed by atoms with Crippen molar-refractivity contribution in [2.45, 2.75) is 39.7 Å². The first-order valence-corrected chi connectivity index (χ1v) is 10.5. The van der Waals surface area contributed by atoms with Gasteiger partial charge in [0.05, 0.1) is 7.11 Å². The number of methoxy groups -OCH3 is 1. The molecule has 0 saturated carbocycles. The van der Waals surface area contributed by atoms with Crippen LogP contribution in [0.25, 0.3) is 0 Å². The molecule has 2 heterocycles. The van der Waals surface area contributed by atoms with Crippen molar-refractivity contribution in [1.82, 2.24) is 0 Å². The van der Waals surface area contributed by atoms with Gasteiger partial charge in [-0.05, 0) is 68.7 Å². The maximum Gasteiger partial charge on any atom is 0.127 e. The number of anilines is 2. The summed E-state index contributed by atoms with van der Waals surface area (Å²) in [5.41, 5.74) is 13.7. The fraction of sp³-hybridized carbons (Fsp3) is 0.500. The Hall–Kier alpha value is -2.40. The first-order valence-electron chi connectivity index (χ1n) is 10.5. The Bertz CT molecular complexity index is 902. The van der Waals surface area contributed by atoms with E-state index in [0.717, 1.165) is 44.1 Å². The zero-order valence-electron chi connectivity index (χ0n) is 18.3. The molecule has 2 aliphatic rings. The molecule has 0 aliphatic carbocycles. The van der Waals surface area contributed by atoms with E-state index in [-0.39, 0.29) is 5.60 Å². The van der Waals surface area contributed by atoms with Gasteiger partial charge in [-0.1, -0.05) is 0 Å². The number of hydrogen-bond acceptors (Lipinski definition) is 5. The van der Waals surface area contributed by atoms with Gasteiger partial charge in [0.15, 0.2) is 0 Å². The van der Waals surface area contributed by atoms with Crippen LogP contribution in [0.1, 0.15) is 29.2 Å². The Labute approximate surface area is 174 Å². The van der Waals surface area contributed by atoms with Crippen LogP contribution in [0.2, 0.25) is 0 Å². The standard InChI is InChI=1S/C24H33N3O2/c1-16-17(2)23-21(14-24(4,15-25)29-23)18(3)22(16)27-12-10-26(11-13-27)19-6-8-20(28-5)9-7-19/h6-9H,10-15,25H2,1-5H3. The van der Waals surface area contributed by atoms with Gasteiger partial charge < -0.3 is 25.0 Å². The van der Waals surface area contributed by atoms with Gasteiger partial charge in [-0.3, -0.25) is 0 Å². The minimum Gasteiger partial charge on any atom is -0.497 e. The van der Waals surface area contributed by atoms with Crippen LogP contribution in [0.4, 0.5) is 11.4 Å². The molecule has 2 aliphatic heterocycles. The molecule has 4 rings (SSSR count). The molecule has 5 heteroatoms. The van der Waals surface area contributed by atoms with Crippen LogP contribution < -0.4 is 25.0 Å². The molecule has 1 atom stereocenters. The summed E-state index contributed by atoms with van der Waals surface area (Å²) < 4.78 is 11.6. The van der Waals surface area contributed by atoms with Crippen molar-refractivity contribution in [1.29, 1.82) is 0 Å². The Morgan fingerprint density at radius 1 is 0.966 bits per heavy atom. The molecule has 0 radical (unpaired) electrons. The van der Waals surface area contributed by atoms with Crippen LogP contribution in [-0.4, -0.2) is 45.4 Å². The molecule has 156 valence electrons. The second-order valence-corrected chi connectivity index (χ2v) is 8.64. The summed E-state index contributed by atoms with van der Waals surface area (Å²) in [4.78, 5) is 5.01. The van der Waals surface area contributed by atoms with Crippen LogP contribution in [0.5, 0.6) is 11.5 Å². The Kier molecular flexibility index (Phi) is 5.11. The largest absolute Gasteiger partial charge is 0.497 e. The predicted molar refractivity (Wildman–Crippen MR) is 120 cm³/mol. The fourth-order valence-electron chi connectivity index (χ4n) is 4.75. The summed E-state index contributed by atoms with van der Waals surface area (Å²) in [6, 6.07) is 8.37. The van der Waals surface area contributed by atoms with Gasteiger partial charge in [-0.15, -0.1) is 0 Å². The third kappa shape index (κ3) is 3.42. The molecule has 1 saturated heterocycles. The lowest BCUT2D eigenvalue weighted by Gasteiger charge is -2.39. The van der Waals surface area contributed by atoms with E-state index >= 15 is 0 Å². The van der Waals surface area contributed by atoms with Crippen LogP contribution in [0.3, 0.4) is 0 Å². The van der Waals surface area contributed by atoms with Gasteiger partial charge in [0.2, 0.25) is 0 Å². The van der Waals surface area contributed by atoms with E-state index in [1.54, 1.807) is 7.11 Å². The van der Waals surface area contributed by atoms with E-state index in [4.69, 9.17) is 15.2 Å². The average molecular weight is 396 g/mol. The zero-order chi connectivity index (χ0) is 20.8. The van der Waals surface area contributed by atoms with Gasteiger partial charge in [-0.2, -0.15) is 0 Å². The summed E-state index contributed by atoms with van der Waals surface area (Å²) in [5, 5.41) is 0. The second kappa shape index (κ2) is 7.45. The molecular weight excluding hydrogens is 362 g/mol. The highest BCUT2D eigenvalue weighted by Crippen LogP contribution is 2.45. The molecule has 5 nitrogen and oxygen atoms in total. The lowest BCUT2D eigenvalue weighted by molar-refractivity contribution is 0.125. The molecule has 2 aromatic carbocycles. The molecule has 2 aromatic rings. The summed E-state index contributed by atoms with van der Waals surface area (Å²) in [6.07, 6.45) is 0.893. The van der Waals surface area contributed by atoms with Crippen molar-refractivity contribution >= 4 is 11.4 Å². The van der Waals surface area contributed by atoms with Crippen LogP contribution in [0.15, 0.2) is 24.3 Å². The molecule has 1 fully saturated rings. The van der Waals surface area contributed by atoms with E-state index in [9.17, 15) is 0 Å². The Balaban J connectivity index is 1.56. The van der Waals surface area contributed by atoms with Gasteiger partial charge in [0, 0.05) is 56.1 Å². The maximum absolute atomic E-state index is 6.31. The zero-order valence-corrected chi connectivity index (χ0v) is 18.3. The van der Waals surface area contributed by atoms with E-state index in [1.807, 2.05) is 12.1 Å². The van der Waals surface area contributed by atoms with E-state index in [1.165, 1.54) is 33.6 Å². The summed E-state index contributed by atoms with van der Waals surface area (Å²) >= 11 is 0. The highest BCUT2D eigenvalue weighted by atomic mass is 16.5. The number of piperazine rings is 1. The van der Waals surface area contributed by atoms with Crippen LogP contribution in [-0.2, 0) is 6.42 Å². The molecule has 2 N–H and O–H groups in total. The molecule has 0 aromatic heterocycles. The normalized spacial score (nSPS) is 21.2. The topological polar surface area (TPSA) is 51.0 Å². The number of nitrogens with zero attached hydrogens (tertiary/aromatic N) is 2. The van der Waals surface area contributed by atoms with Crippen LogP contribution in [0, 0.1) is 20.8 Å². The minimum absolute atomic E-state index is 0.282. The number of ether oxygens (including phenoxy) is 2. The summed E-state index contributed by atoms with van der Waals surface area (Å²) in [5.74, 6) is 1.97. The van der Waals surface area contributed by atoms with Crippen LogP contribution >= 0.6 is 0 Å². The number of nitrogens with two attached hydrogens (primary N) is 1. The number of benzene rings is 2. The third-order valence-electron chi connectivity index (χ3n) is 6.70. The smallest absolute Gasteiger partial charge is 0.127 e. The molecule has 0 amide bonds. The first kappa shape index (κ1) is 19.9. The minimum atomic E-state index is -0.282. The maximum atomic E-state index is 6.31. The predicted octanol–water partition coefficient (Wildman–Crippen LogP) is 3.60. The van der Waals surface area contributed by atoms with Gasteiger partial charge in [0.1, 0.15) is 17.1 Å². The molecule has 29 heavy (non-hydrogen) atoms. The van der Waals surface area contributed by atoms with E-state index in [2.05, 4.69) is 49.6 Å². The van der Waals surface area contributed by atoms with Crippen molar-refractivity contribution in [3.63, 3.8) is 0 Å². The van der Waals surface area contributed by atoms with Crippen molar-refractivity contribution in [3.05, 3.63) is 46.5 Å². The van der Waals surface area contributed by atoms with E-state index < -0.39 is 0 Å². The molecule has 0 spiro atoms. The first-order chi connectivity index (χ1) is 13.9. The van der Waals surface area contributed by atoms with Crippen molar-refractivity contribution < 1.29 is 9.47 Å². The average Bonchev–Trinajstić information content (AvgIpc) is 3.12. The van der Waals surface area contributed by atoms with Gasteiger partial charge in [-0.25, -0.2) is 0 Å². The lowest BCUT2D eigenvalue weighted by Crippen LogP contribution is -2.47. The Morgan fingerprint density at radius 2 is 1.59 bits per heavy atom. The highest BCUT2D eigenvalue weighted by Gasteiger charge is 2.37. The fourth-order valence-corrected chi connectivity index (χ4v) is 4.75. The SMILES string of the molecule is COc1ccc(N2CCN(c3c(C)c(C)c4c(c3C)CC(C)(CN)O4)CC2)cc1. The lowest BCUT2D eigenvalue weighted by atomic mass is 9.91. The molecule has 1 unspecified atom stereocenters. The molecule has 0 bridgehead atoms. The van der Waals surface area contributed by atoms with Crippen molar-refractivity contribution in [3.8, 4) is 11.5 Å². The number of rotatable bonds is 4. The van der Waals surface area contributed by atoms with E-state index in [0.29, 0.717) is 6.54 Å². The Morgan fingerprint density at radius 3 is 2.17 bits per heavy atom.